The van der Waals surface area contributed by atoms with Crippen molar-refractivity contribution in [1.82, 2.24) is 19.7 Å². The monoisotopic (exact) mass is 314 g/mol. The summed E-state index contributed by atoms with van der Waals surface area (Å²) in [6.07, 6.45) is 1.56. The molecule has 0 spiro atoms. The lowest BCUT2D eigenvalue weighted by Gasteiger charge is -2.03. The van der Waals surface area contributed by atoms with E-state index in [0.717, 1.165) is 0 Å². The van der Waals surface area contributed by atoms with Crippen LogP contribution in [-0.4, -0.2) is 43.3 Å². The number of ether oxygens (including phenoxy) is 1. The van der Waals surface area contributed by atoms with E-state index in [1.54, 1.807) is 12.3 Å². The van der Waals surface area contributed by atoms with Gasteiger partial charge in [-0.1, -0.05) is 5.21 Å². The van der Waals surface area contributed by atoms with E-state index >= 15 is 0 Å². The van der Waals surface area contributed by atoms with E-state index in [1.165, 1.54) is 31.0 Å². The summed E-state index contributed by atoms with van der Waals surface area (Å²) in [6, 6.07) is 4.44. The summed E-state index contributed by atoms with van der Waals surface area (Å²) >= 11 is 0. The molecule has 9 heteroatoms. The number of aryl methyl sites for hydroxylation is 1. The molecular weight excluding hydrogens is 299 g/mol. The van der Waals surface area contributed by atoms with Crippen LogP contribution >= 0.6 is 0 Å². The van der Waals surface area contributed by atoms with Crippen molar-refractivity contribution < 1.29 is 17.5 Å². The van der Waals surface area contributed by atoms with Gasteiger partial charge in [0.05, 0.1) is 25.6 Å². The average Bonchev–Trinajstić information content (AvgIpc) is 2.94. The Balaban J connectivity index is 2.14. The average molecular weight is 314 g/mol. The zero-order valence-electron chi connectivity index (χ0n) is 11.6. The third-order valence-corrected chi connectivity index (χ3v) is 4.23. The Hall–Kier alpha value is -2.00. The number of hydrogen-bond acceptors (Lipinski definition) is 5. The van der Waals surface area contributed by atoms with E-state index in [-0.39, 0.29) is 18.0 Å². The molecule has 0 radical (unpaired) electrons. The topological polar surface area (TPSA) is 86.1 Å². The fraction of sp³-hybridized carbons (Fsp3) is 0.333. The molecule has 0 bridgehead atoms. The number of aromatic nitrogens is 3. The van der Waals surface area contributed by atoms with Crippen molar-refractivity contribution >= 4 is 10.0 Å². The lowest BCUT2D eigenvalue weighted by atomic mass is 10.1. The van der Waals surface area contributed by atoms with E-state index in [1.807, 2.05) is 0 Å². The summed E-state index contributed by atoms with van der Waals surface area (Å²) in [5, 5.41) is 7.72. The number of halogens is 1. The Bertz CT molecular complexity index is 730. The van der Waals surface area contributed by atoms with Crippen LogP contribution in [0, 0.1) is 5.82 Å². The van der Waals surface area contributed by atoms with Gasteiger partial charge in [0.15, 0.2) is 11.6 Å². The minimum atomic E-state index is -3.30. The molecule has 7 nitrogen and oxygen atoms in total. The zero-order valence-corrected chi connectivity index (χ0v) is 12.4. The molecule has 2 aromatic rings. The highest BCUT2D eigenvalue weighted by Gasteiger charge is 2.11. The lowest BCUT2D eigenvalue weighted by molar-refractivity contribution is 0.386. The fourth-order valence-corrected chi connectivity index (χ4v) is 2.31. The largest absolute Gasteiger partial charge is 0.494 e. The van der Waals surface area contributed by atoms with Gasteiger partial charge in [0.25, 0.3) is 0 Å². The molecule has 0 amide bonds. The van der Waals surface area contributed by atoms with E-state index < -0.39 is 15.8 Å². The van der Waals surface area contributed by atoms with E-state index in [0.29, 0.717) is 11.3 Å². The molecule has 0 aliphatic heterocycles. The smallest absolute Gasteiger partial charge is 0.213 e. The first-order valence-electron chi connectivity index (χ1n) is 6.10. The molecule has 0 aliphatic carbocycles. The SMILES string of the molecule is CNS(=O)(=O)CCn1cc(-c2ccc(OC)c(F)c2)nn1. The second-order valence-corrected chi connectivity index (χ2v) is 6.29. The van der Waals surface area contributed by atoms with Crippen molar-refractivity contribution in [2.24, 2.45) is 0 Å². The van der Waals surface area contributed by atoms with Crippen molar-refractivity contribution in [3.8, 4) is 17.0 Å². The standard InChI is InChI=1S/C12H15FN4O3S/c1-14-21(18,19)6-5-17-8-11(15-16-17)9-3-4-12(20-2)10(13)7-9/h3-4,7-8,14H,5-6H2,1-2H3. The highest BCUT2D eigenvalue weighted by atomic mass is 32.2. The van der Waals surface area contributed by atoms with Crippen LogP contribution in [0.15, 0.2) is 24.4 Å². The van der Waals surface area contributed by atoms with Gasteiger partial charge in [0, 0.05) is 5.56 Å². The first kappa shape index (κ1) is 15.4. The Kier molecular flexibility index (Phi) is 4.53. The summed E-state index contributed by atoms with van der Waals surface area (Å²) in [6.45, 7) is 0.162. The van der Waals surface area contributed by atoms with Crippen molar-refractivity contribution in [2.75, 3.05) is 19.9 Å². The first-order chi connectivity index (χ1) is 9.95. The van der Waals surface area contributed by atoms with E-state index in [9.17, 15) is 12.8 Å². The van der Waals surface area contributed by atoms with Crippen molar-refractivity contribution in [3.05, 3.63) is 30.2 Å². The number of nitrogens with zero attached hydrogens (tertiary/aromatic N) is 3. The minimum Gasteiger partial charge on any atom is -0.494 e. The third kappa shape index (κ3) is 3.76. The number of sulfonamides is 1. The maximum atomic E-state index is 13.6. The molecule has 2 rings (SSSR count). The molecule has 114 valence electrons. The molecule has 1 heterocycles. The van der Waals surface area contributed by atoms with Gasteiger partial charge in [-0.05, 0) is 25.2 Å². The lowest BCUT2D eigenvalue weighted by Crippen LogP contribution is -2.24. The van der Waals surface area contributed by atoms with Crippen LogP contribution in [0.3, 0.4) is 0 Å². The first-order valence-corrected chi connectivity index (χ1v) is 7.75. The van der Waals surface area contributed by atoms with Gasteiger partial charge in [0.2, 0.25) is 10.0 Å². The molecular formula is C12H15FN4O3S. The van der Waals surface area contributed by atoms with Gasteiger partial charge in [-0.25, -0.2) is 17.5 Å². The number of hydrogen-bond donors (Lipinski definition) is 1. The maximum absolute atomic E-state index is 13.6. The maximum Gasteiger partial charge on any atom is 0.213 e. The molecule has 1 N–H and O–H groups in total. The second-order valence-electron chi connectivity index (χ2n) is 4.24. The predicted octanol–water partition coefficient (Wildman–Crippen LogP) is 0.642. The molecule has 0 unspecified atom stereocenters. The number of benzene rings is 1. The molecule has 0 fully saturated rings. The molecule has 0 aliphatic rings. The van der Waals surface area contributed by atoms with Gasteiger partial charge in [-0.15, -0.1) is 5.10 Å². The summed E-state index contributed by atoms with van der Waals surface area (Å²) < 4.78 is 44.7. The molecule has 0 atom stereocenters. The predicted molar refractivity (Wildman–Crippen MR) is 74.8 cm³/mol. The summed E-state index contributed by atoms with van der Waals surface area (Å²) in [4.78, 5) is 0. The van der Waals surface area contributed by atoms with Gasteiger partial charge in [-0.2, -0.15) is 0 Å². The Morgan fingerprint density at radius 2 is 2.19 bits per heavy atom. The summed E-state index contributed by atoms with van der Waals surface area (Å²) in [5.74, 6) is -0.461. The Morgan fingerprint density at radius 1 is 1.43 bits per heavy atom. The molecule has 0 saturated heterocycles. The minimum absolute atomic E-state index is 0.108. The normalized spacial score (nSPS) is 11.6. The van der Waals surface area contributed by atoms with Gasteiger partial charge in [0.1, 0.15) is 5.69 Å². The molecule has 0 saturated carbocycles. The van der Waals surface area contributed by atoms with Gasteiger partial charge < -0.3 is 4.74 Å². The van der Waals surface area contributed by atoms with Gasteiger partial charge >= 0.3 is 0 Å². The second kappa shape index (κ2) is 6.19. The quantitative estimate of drug-likeness (QED) is 0.846. The molecule has 21 heavy (non-hydrogen) atoms. The number of rotatable bonds is 6. The van der Waals surface area contributed by atoms with Crippen LogP contribution < -0.4 is 9.46 Å². The van der Waals surface area contributed by atoms with E-state index in [4.69, 9.17) is 4.74 Å². The zero-order chi connectivity index (χ0) is 15.5. The fourth-order valence-electron chi connectivity index (χ4n) is 1.68. The van der Waals surface area contributed by atoms with Crippen LogP contribution in [0.25, 0.3) is 11.3 Å². The highest BCUT2D eigenvalue weighted by molar-refractivity contribution is 7.89. The number of nitrogens with one attached hydrogen (secondary N) is 1. The van der Waals surface area contributed by atoms with Crippen LogP contribution in [0.5, 0.6) is 5.75 Å². The molecule has 1 aromatic carbocycles. The van der Waals surface area contributed by atoms with Crippen molar-refractivity contribution in [3.63, 3.8) is 0 Å². The van der Waals surface area contributed by atoms with Crippen LogP contribution in [-0.2, 0) is 16.6 Å². The van der Waals surface area contributed by atoms with Gasteiger partial charge in [-0.3, -0.25) is 4.68 Å². The van der Waals surface area contributed by atoms with E-state index in [2.05, 4.69) is 15.0 Å². The molecule has 1 aromatic heterocycles. The highest BCUT2D eigenvalue weighted by Crippen LogP contribution is 2.23. The van der Waals surface area contributed by atoms with Crippen molar-refractivity contribution in [1.29, 1.82) is 0 Å². The summed E-state index contributed by atoms with van der Waals surface area (Å²) in [5.41, 5.74) is 0.995. The Labute approximate surface area is 121 Å². The van der Waals surface area contributed by atoms with Crippen LogP contribution in [0.4, 0.5) is 4.39 Å². The Morgan fingerprint density at radius 3 is 2.81 bits per heavy atom. The van der Waals surface area contributed by atoms with Crippen LogP contribution in [0.1, 0.15) is 0 Å². The number of methoxy groups -OCH3 is 1. The van der Waals surface area contributed by atoms with Crippen LogP contribution in [0.2, 0.25) is 0 Å². The van der Waals surface area contributed by atoms with Crippen molar-refractivity contribution in [2.45, 2.75) is 6.54 Å². The summed E-state index contributed by atoms with van der Waals surface area (Å²) in [7, 11) is -0.569. The third-order valence-electron chi connectivity index (χ3n) is 2.89.